The molecule has 0 saturated carbocycles. The zero-order valence-electron chi connectivity index (χ0n) is 26.2. The smallest absolute Gasteiger partial charge is 0.323 e. The number of ether oxygens (including phenoxy) is 4. The lowest BCUT2D eigenvalue weighted by Gasteiger charge is -2.30. The summed E-state index contributed by atoms with van der Waals surface area (Å²) in [6, 6.07) is 18.4. The first-order valence-electron chi connectivity index (χ1n) is 15.2. The number of aromatic nitrogens is 2. The minimum absolute atomic E-state index is 0.297. The predicted octanol–water partition coefficient (Wildman–Crippen LogP) is 5.95. The van der Waals surface area contributed by atoms with Crippen molar-refractivity contribution in [3.05, 3.63) is 71.9 Å². The zero-order valence-corrected chi connectivity index (χ0v) is 27.0. The van der Waals surface area contributed by atoms with Gasteiger partial charge in [0.15, 0.2) is 5.82 Å². The number of nitrogens with one attached hydrogen (secondary N) is 4. The van der Waals surface area contributed by atoms with Crippen molar-refractivity contribution in [3.63, 3.8) is 0 Å². The first kappa shape index (κ1) is 32.0. The van der Waals surface area contributed by atoms with Gasteiger partial charge in [0, 0.05) is 61.1 Å². The molecule has 2 amide bonds. The second kappa shape index (κ2) is 15.1. The standard InChI is InChI=1S/C33H37ClN8O5/c1-44-29-19-24(38-33(43)37-22-3-7-25(8-4-22)41-11-15-46-16-12-41)5-9-27(29)39-32-35-21-26(34)31(40-32)36-23-6-10-28(30(20-23)45-2)42-13-17-47-18-14-42/h3-10,19-21H,11-18H2,1-2H3,(H2,37,38,43)(H2,35,36,39,40). The molecule has 4 N–H and O–H groups in total. The summed E-state index contributed by atoms with van der Waals surface area (Å²) in [5.41, 5.74) is 4.67. The molecule has 3 aromatic carbocycles. The fourth-order valence-corrected chi connectivity index (χ4v) is 5.47. The zero-order chi connectivity index (χ0) is 32.6. The van der Waals surface area contributed by atoms with Gasteiger partial charge < -0.3 is 50.0 Å². The number of carbonyl (C=O) groups excluding carboxylic acids is 1. The Bertz CT molecular complexity index is 1680. The minimum Gasteiger partial charge on any atom is -0.495 e. The van der Waals surface area contributed by atoms with Crippen LogP contribution in [-0.4, -0.2) is 82.8 Å². The van der Waals surface area contributed by atoms with Gasteiger partial charge in [-0.25, -0.2) is 9.78 Å². The van der Waals surface area contributed by atoms with Crippen molar-refractivity contribution in [1.82, 2.24) is 9.97 Å². The van der Waals surface area contributed by atoms with Gasteiger partial charge in [-0.1, -0.05) is 11.6 Å². The lowest BCUT2D eigenvalue weighted by Crippen LogP contribution is -2.36. The highest BCUT2D eigenvalue weighted by molar-refractivity contribution is 6.32. The van der Waals surface area contributed by atoms with Gasteiger partial charge in [0.25, 0.3) is 0 Å². The Balaban J connectivity index is 1.09. The molecular weight excluding hydrogens is 624 g/mol. The third-order valence-electron chi connectivity index (χ3n) is 7.75. The molecule has 0 unspecified atom stereocenters. The van der Waals surface area contributed by atoms with Crippen LogP contribution >= 0.6 is 11.6 Å². The Labute approximate surface area is 278 Å². The number of halogens is 1. The quantitative estimate of drug-likeness (QED) is 0.161. The number of nitrogens with zero attached hydrogens (tertiary/aromatic N) is 4. The van der Waals surface area contributed by atoms with Crippen LogP contribution < -0.4 is 40.5 Å². The van der Waals surface area contributed by atoms with Crippen LogP contribution in [0.4, 0.5) is 50.7 Å². The summed E-state index contributed by atoms with van der Waals surface area (Å²) in [5, 5.41) is 12.5. The van der Waals surface area contributed by atoms with Crippen LogP contribution in [0.15, 0.2) is 66.9 Å². The van der Waals surface area contributed by atoms with E-state index in [1.165, 1.54) is 6.20 Å². The first-order valence-corrected chi connectivity index (χ1v) is 15.6. The summed E-state index contributed by atoms with van der Waals surface area (Å²) >= 11 is 6.46. The molecule has 0 aliphatic carbocycles. The van der Waals surface area contributed by atoms with Crippen LogP contribution in [0.1, 0.15) is 0 Å². The van der Waals surface area contributed by atoms with Gasteiger partial charge in [0.1, 0.15) is 16.5 Å². The van der Waals surface area contributed by atoms with Gasteiger partial charge >= 0.3 is 6.03 Å². The van der Waals surface area contributed by atoms with Crippen molar-refractivity contribution >= 4 is 63.5 Å². The number of hydrogen-bond acceptors (Lipinski definition) is 11. The molecule has 2 fully saturated rings. The number of hydrogen-bond donors (Lipinski definition) is 4. The minimum atomic E-state index is -0.377. The van der Waals surface area contributed by atoms with E-state index in [1.807, 2.05) is 42.5 Å². The van der Waals surface area contributed by atoms with Gasteiger partial charge in [-0.2, -0.15) is 4.98 Å². The number of urea groups is 1. The molecule has 0 bridgehead atoms. The van der Waals surface area contributed by atoms with E-state index in [-0.39, 0.29) is 6.03 Å². The van der Waals surface area contributed by atoms with Crippen LogP contribution in [-0.2, 0) is 9.47 Å². The number of amides is 2. The van der Waals surface area contributed by atoms with Crippen LogP contribution in [0, 0.1) is 0 Å². The molecular formula is C33H37ClN8O5. The monoisotopic (exact) mass is 660 g/mol. The molecule has 0 radical (unpaired) electrons. The van der Waals surface area contributed by atoms with E-state index in [1.54, 1.807) is 32.4 Å². The molecule has 3 heterocycles. The van der Waals surface area contributed by atoms with E-state index in [0.717, 1.165) is 49.0 Å². The van der Waals surface area contributed by atoms with E-state index in [9.17, 15) is 4.79 Å². The van der Waals surface area contributed by atoms with Crippen molar-refractivity contribution in [3.8, 4) is 11.5 Å². The highest BCUT2D eigenvalue weighted by Gasteiger charge is 2.17. The Morgan fingerprint density at radius 3 is 2.09 bits per heavy atom. The Kier molecular flexibility index (Phi) is 10.3. The third-order valence-corrected chi connectivity index (χ3v) is 8.02. The topological polar surface area (TPSA) is 134 Å². The van der Waals surface area contributed by atoms with Crippen molar-refractivity contribution in [2.75, 3.05) is 97.9 Å². The molecule has 246 valence electrons. The Morgan fingerprint density at radius 1 is 0.766 bits per heavy atom. The molecule has 2 saturated heterocycles. The van der Waals surface area contributed by atoms with Gasteiger partial charge in [-0.05, 0) is 48.5 Å². The summed E-state index contributed by atoms with van der Waals surface area (Å²) < 4.78 is 22.2. The van der Waals surface area contributed by atoms with Crippen LogP contribution in [0.25, 0.3) is 0 Å². The normalized spacial score (nSPS) is 14.7. The van der Waals surface area contributed by atoms with E-state index in [0.29, 0.717) is 66.0 Å². The second-order valence-electron chi connectivity index (χ2n) is 10.8. The fourth-order valence-electron chi connectivity index (χ4n) is 5.34. The van der Waals surface area contributed by atoms with Crippen LogP contribution in [0.2, 0.25) is 5.02 Å². The summed E-state index contributed by atoms with van der Waals surface area (Å²) in [7, 11) is 3.19. The number of rotatable bonds is 10. The molecule has 2 aliphatic heterocycles. The van der Waals surface area contributed by atoms with Gasteiger partial charge in [0.05, 0.1) is 58.2 Å². The molecule has 4 aromatic rings. The second-order valence-corrected chi connectivity index (χ2v) is 11.2. The number of benzene rings is 3. The van der Waals surface area contributed by atoms with Crippen LogP contribution in [0.5, 0.6) is 11.5 Å². The Hall–Kier alpha value is -4.98. The molecule has 1 aromatic heterocycles. The predicted molar refractivity (Wildman–Crippen MR) is 185 cm³/mol. The number of carbonyl (C=O) groups is 1. The largest absolute Gasteiger partial charge is 0.495 e. The molecule has 0 atom stereocenters. The number of methoxy groups -OCH3 is 2. The van der Waals surface area contributed by atoms with E-state index >= 15 is 0 Å². The van der Waals surface area contributed by atoms with Crippen molar-refractivity contribution in [2.24, 2.45) is 0 Å². The molecule has 47 heavy (non-hydrogen) atoms. The van der Waals surface area contributed by atoms with E-state index in [2.05, 4.69) is 41.0 Å². The summed E-state index contributed by atoms with van der Waals surface area (Å²) in [4.78, 5) is 26.1. The fraction of sp³-hybridized carbons (Fsp3) is 0.303. The summed E-state index contributed by atoms with van der Waals surface area (Å²) in [6.45, 7) is 6.09. The molecule has 0 spiro atoms. The molecule has 2 aliphatic rings. The number of anilines is 8. The molecule has 14 heteroatoms. The maximum atomic E-state index is 12.7. The Morgan fingerprint density at radius 2 is 1.38 bits per heavy atom. The third kappa shape index (κ3) is 8.06. The summed E-state index contributed by atoms with van der Waals surface area (Å²) in [5.74, 6) is 1.92. The van der Waals surface area contributed by atoms with Gasteiger partial charge in [0.2, 0.25) is 5.95 Å². The van der Waals surface area contributed by atoms with Crippen molar-refractivity contribution < 1.29 is 23.7 Å². The highest BCUT2D eigenvalue weighted by atomic mass is 35.5. The van der Waals surface area contributed by atoms with E-state index in [4.69, 9.17) is 30.5 Å². The lowest BCUT2D eigenvalue weighted by molar-refractivity contribution is 0.122. The maximum Gasteiger partial charge on any atom is 0.323 e. The SMILES string of the molecule is COc1cc(NC(=O)Nc2ccc(N3CCOCC3)cc2)ccc1Nc1ncc(Cl)c(Nc2ccc(N3CCOCC3)c(OC)c2)n1. The van der Waals surface area contributed by atoms with Gasteiger partial charge in [-0.15, -0.1) is 0 Å². The lowest BCUT2D eigenvalue weighted by atomic mass is 10.2. The molecule has 6 rings (SSSR count). The van der Waals surface area contributed by atoms with E-state index < -0.39 is 0 Å². The van der Waals surface area contributed by atoms with Crippen LogP contribution in [0.3, 0.4) is 0 Å². The number of morpholine rings is 2. The maximum absolute atomic E-state index is 12.7. The average Bonchev–Trinajstić information content (AvgIpc) is 3.11. The average molecular weight is 661 g/mol. The highest BCUT2D eigenvalue weighted by Crippen LogP contribution is 2.35. The molecule has 13 nitrogen and oxygen atoms in total. The van der Waals surface area contributed by atoms with Crippen molar-refractivity contribution in [2.45, 2.75) is 0 Å². The van der Waals surface area contributed by atoms with Crippen molar-refractivity contribution in [1.29, 1.82) is 0 Å². The van der Waals surface area contributed by atoms with Gasteiger partial charge in [-0.3, -0.25) is 0 Å². The summed E-state index contributed by atoms with van der Waals surface area (Å²) in [6.07, 6.45) is 1.51. The first-order chi connectivity index (χ1) is 23.0.